The summed E-state index contributed by atoms with van der Waals surface area (Å²) in [7, 11) is 1.50. The second kappa shape index (κ2) is 7.25. The highest BCUT2D eigenvalue weighted by molar-refractivity contribution is 9.10. The predicted molar refractivity (Wildman–Crippen MR) is 75.7 cm³/mol. The first kappa shape index (κ1) is 16.4. The van der Waals surface area contributed by atoms with Crippen molar-refractivity contribution < 1.29 is 24.6 Å². The molecule has 1 aromatic heterocycles. The molecule has 0 spiro atoms. The Kier molecular flexibility index (Phi) is 5.96. The molecular formula is C11H13BrN2O5S. The van der Waals surface area contributed by atoms with Crippen LogP contribution in [-0.2, 0) is 16.1 Å². The number of carboxylic acid groups (broad SMARTS) is 2. The van der Waals surface area contributed by atoms with Crippen LogP contribution in [0.4, 0.5) is 4.79 Å². The van der Waals surface area contributed by atoms with E-state index in [1.165, 1.54) is 23.3 Å². The maximum atomic E-state index is 11.8. The van der Waals surface area contributed by atoms with Crippen LogP contribution in [0.25, 0.3) is 0 Å². The molecule has 0 aliphatic carbocycles. The largest absolute Gasteiger partial charge is 0.481 e. The van der Waals surface area contributed by atoms with E-state index in [4.69, 9.17) is 10.2 Å². The van der Waals surface area contributed by atoms with Gasteiger partial charge < -0.3 is 20.4 Å². The van der Waals surface area contributed by atoms with Crippen LogP contribution in [0.1, 0.15) is 11.3 Å². The van der Waals surface area contributed by atoms with E-state index in [2.05, 4.69) is 21.2 Å². The van der Waals surface area contributed by atoms with Gasteiger partial charge in [0.15, 0.2) is 0 Å². The number of urea groups is 1. The van der Waals surface area contributed by atoms with Gasteiger partial charge in [0.1, 0.15) is 6.04 Å². The van der Waals surface area contributed by atoms with Crippen LogP contribution in [0, 0.1) is 0 Å². The number of rotatable bonds is 6. The summed E-state index contributed by atoms with van der Waals surface area (Å²) in [6.45, 7) is 0.307. The maximum absolute atomic E-state index is 11.8. The van der Waals surface area contributed by atoms with Gasteiger partial charge in [0.2, 0.25) is 0 Å². The van der Waals surface area contributed by atoms with Crippen LogP contribution < -0.4 is 5.32 Å². The lowest BCUT2D eigenvalue weighted by Crippen LogP contribution is -2.47. The Hall–Kier alpha value is -1.61. The molecule has 0 saturated carbocycles. The molecule has 0 unspecified atom stereocenters. The van der Waals surface area contributed by atoms with Crippen LogP contribution in [-0.4, -0.2) is 46.2 Å². The Morgan fingerprint density at radius 2 is 2.10 bits per heavy atom. The highest BCUT2D eigenvalue weighted by Gasteiger charge is 2.24. The molecule has 20 heavy (non-hydrogen) atoms. The first-order valence-corrected chi connectivity index (χ1v) is 7.16. The second-order valence-corrected chi connectivity index (χ2v) is 5.94. The zero-order valence-corrected chi connectivity index (χ0v) is 12.9. The van der Waals surface area contributed by atoms with Crippen LogP contribution in [0.15, 0.2) is 15.9 Å². The van der Waals surface area contributed by atoms with E-state index in [9.17, 15) is 14.4 Å². The Labute approximate surface area is 127 Å². The quantitative estimate of drug-likeness (QED) is 0.710. The molecule has 0 bridgehead atoms. The number of carbonyl (C=O) groups excluding carboxylic acids is 1. The number of halogens is 1. The molecule has 0 aromatic carbocycles. The number of aliphatic carboxylic acids is 2. The Morgan fingerprint density at radius 3 is 2.55 bits per heavy atom. The van der Waals surface area contributed by atoms with Crippen molar-refractivity contribution in [2.24, 2.45) is 0 Å². The monoisotopic (exact) mass is 364 g/mol. The fourth-order valence-electron chi connectivity index (χ4n) is 1.38. The van der Waals surface area contributed by atoms with E-state index in [-0.39, 0.29) is 0 Å². The van der Waals surface area contributed by atoms with Crippen molar-refractivity contribution in [1.82, 2.24) is 10.2 Å². The molecule has 110 valence electrons. The molecular weight excluding hydrogens is 352 g/mol. The maximum Gasteiger partial charge on any atom is 0.326 e. The molecule has 0 aliphatic heterocycles. The van der Waals surface area contributed by atoms with E-state index >= 15 is 0 Å². The van der Waals surface area contributed by atoms with E-state index < -0.39 is 30.4 Å². The van der Waals surface area contributed by atoms with Gasteiger partial charge in [-0.05, 0) is 22.0 Å². The third-order valence-corrected chi connectivity index (χ3v) is 4.02. The summed E-state index contributed by atoms with van der Waals surface area (Å²) in [6, 6.07) is -0.235. The summed E-state index contributed by atoms with van der Waals surface area (Å²) in [6.07, 6.45) is -0.667. The fraction of sp³-hybridized carbons (Fsp3) is 0.364. The third kappa shape index (κ3) is 5.17. The molecule has 3 N–H and O–H groups in total. The van der Waals surface area contributed by atoms with Gasteiger partial charge in [-0.1, -0.05) is 0 Å². The minimum absolute atomic E-state index is 0.307. The number of amides is 2. The average Bonchev–Trinajstić information content (AvgIpc) is 2.72. The van der Waals surface area contributed by atoms with Gasteiger partial charge in [0.25, 0.3) is 0 Å². The average molecular weight is 365 g/mol. The zero-order chi connectivity index (χ0) is 15.3. The molecule has 1 atom stereocenters. The third-order valence-electron chi connectivity index (χ3n) is 2.34. The number of carboxylic acids is 2. The molecule has 1 heterocycles. The molecule has 1 aromatic rings. The van der Waals surface area contributed by atoms with Gasteiger partial charge in [0, 0.05) is 21.8 Å². The van der Waals surface area contributed by atoms with Crippen molar-refractivity contribution in [2.75, 3.05) is 7.05 Å². The van der Waals surface area contributed by atoms with Crippen LogP contribution in [0.5, 0.6) is 0 Å². The molecule has 1 rings (SSSR count). The van der Waals surface area contributed by atoms with Crippen LogP contribution >= 0.6 is 27.3 Å². The Bertz CT molecular complexity index is 519. The van der Waals surface area contributed by atoms with Gasteiger partial charge >= 0.3 is 18.0 Å². The Morgan fingerprint density at radius 1 is 1.45 bits per heavy atom. The summed E-state index contributed by atoms with van der Waals surface area (Å²) in [5, 5.41) is 21.5. The number of nitrogens with one attached hydrogen (secondary N) is 1. The minimum atomic E-state index is -1.45. The summed E-state index contributed by atoms with van der Waals surface area (Å²) in [5.74, 6) is -2.67. The van der Waals surface area contributed by atoms with E-state index in [1.807, 2.05) is 11.4 Å². The number of nitrogens with zero attached hydrogens (tertiary/aromatic N) is 1. The van der Waals surface area contributed by atoms with Crippen molar-refractivity contribution in [2.45, 2.75) is 19.0 Å². The lowest BCUT2D eigenvalue weighted by Gasteiger charge is -2.20. The SMILES string of the molecule is CN(Cc1cc(Br)cs1)C(=O)N[C@H](CC(=O)O)C(=O)O. The highest BCUT2D eigenvalue weighted by atomic mass is 79.9. The van der Waals surface area contributed by atoms with Gasteiger partial charge in [-0.15, -0.1) is 11.3 Å². The molecule has 9 heteroatoms. The first-order valence-electron chi connectivity index (χ1n) is 5.48. The molecule has 0 radical (unpaired) electrons. The smallest absolute Gasteiger partial charge is 0.326 e. The van der Waals surface area contributed by atoms with Crippen molar-refractivity contribution in [3.05, 3.63) is 20.8 Å². The van der Waals surface area contributed by atoms with Gasteiger partial charge in [-0.3, -0.25) is 4.79 Å². The van der Waals surface area contributed by atoms with E-state index in [0.717, 1.165) is 9.35 Å². The normalized spacial score (nSPS) is 11.7. The van der Waals surface area contributed by atoms with Crippen molar-refractivity contribution in [1.29, 1.82) is 0 Å². The lowest BCUT2D eigenvalue weighted by atomic mass is 10.2. The van der Waals surface area contributed by atoms with Crippen LogP contribution in [0.3, 0.4) is 0 Å². The fourth-order valence-corrected chi connectivity index (χ4v) is 2.88. The predicted octanol–water partition coefficient (Wildman–Crippen LogP) is 1.58. The standard InChI is InChI=1S/C11H13BrN2O5S/c1-14(4-7-2-6(12)5-20-7)11(19)13-8(10(17)18)3-9(15)16/h2,5,8H,3-4H2,1H3,(H,13,19)(H,15,16)(H,17,18)/t8-/m1/s1. The first-order chi connectivity index (χ1) is 9.29. The number of carbonyl (C=O) groups is 3. The van der Waals surface area contributed by atoms with Crippen molar-refractivity contribution in [3.63, 3.8) is 0 Å². The second-order valence-electron chi connectivity index (χ2n) is 4.03. The van der Waals surface area contributed by atoms with Crippen molar-refractivity contribution >= 4 is 45.2 Å². The molecule has 0 aliphatic rings. The van der Waals surface area contributed by atoms with Gasteiger partial charge in [-0.2, -0.15) is 0 Å². The van der Waals surface area contributed by atoms with E-state index in [1.54, 1.807) is 0 Å². The Balaban J connectivity index is 2.59. The van der Waals surface area contributed by atoms with Gasteiger partial charge in [0.05, 0.1) is 13.0 Å². The zero-order valence-electron chi connectivity index (χ0n) is 10.5. The lowest BCUT2D eigenvalue weighted by molar-refractivity contribution is -0.145. The van der Waals surface area contributed by atoms with Crippen LogP contribution in [0.2, 0.25) is 0 Å². The van der Waals surface area contributed by atoms with Gasteiger partial charge in [-0.25, -0.2) is 9.59 Å². The summed E-state index contributed by atoms with van der Waals surface area (Å²) in [4.78, 5) is 35.4. The molecule has 0 fully saturated rings. The topological polar surface area (TPSA) is 107 Å². The number of thiophene rings is 1. The minimum Gasteiger partial charge on any atom is -0.481 e. The van der Waals surface area contributed by atoms with E-state index in [0.29, 0.717) is 6.54 Å². The van der Waals surface area contributed by atoms with Crippen molar-refractivity contribution in [3.8, 4) is 0 Å². The number of hydrogen-bond acceptors (Lipinski definition) is 4. The molecule has 7 nitrogen and oxygen atoms in total. The summed E-state index contributed by atoms with van der Waals surface area (Å²) in [5.41, 5.74) is 0. The highest BCUT2D eigenvalue weighted by Crippen LogP contribution is 2.20. The molecule has 0 saturated heterocycles. The summed E-state index contributed by atoms with van der Waals surface area (Å²) < 4.78 is 0.903. The summed E-state index contributed by atoms with van der Waals surface area (Å²) >= 11 is 4.75. The molecule has 2 amide bonds. The number of hydrogen-bond donors (Lipinski definition) is 3.